The molecule has 5 heteroatoms. The number of nitrogens with one attached hydrogen (secondary N) is 1. The van der Waals surface area contributed by atoms with E-state index in [4.69, 9.17) is 10.5 Å². The van der Waals surface area contributed by atoms with Crippen LogP contribution in [0.5, 0.6) is 5.75 Å². The van der Waals surface area contributed by atoms with E-state index in [1.165, 1.54) is 0 Å². The minimum Gasteiger partial charge on any atom is -0.491 e. The van der Waals surface area contributed by atoms with Gasteiger partial charge in [-0.25, -0.2) is 0 Å². The Morgan fingerprint density at radius 1 is 1.22 bits per heavy atom. The highest BCUT2D eigenvalue weighted by Gasteiger charge is 2.26. The van der Waals surface area contributed by atoms with Crippen LogP contribution in [0.3, 0.4) is 0 Å². The Balaban J connectivity index is 0.00000264. The molecule has 0 bridgehead atoms. The standard InChI is InChI=1S/C18H24N2O2.ClH/c1-3-11-18(2,19)17(21)20-12-13-22-16-10-6-8-14-7-4-5-9-15(14)16;/h4-10H,3,11-13,19H2,1-2H3,(H,20,21);1H. The van der Waals surface area contributed by atoms with E-state index in [2.05, 4.69) is 17.4 Å². The lowest BCUT2D eigenvalue weighted by atomic mass is 9.97. The predicted octanol–water partition coefficient (Wildman–Crippen LogP) is 3.27. The largest absolute Gasteiger partial charge is 0.491 e. The molecule has 0 spiro atoms. The molecule has 2 rings (SSSR count). The number of carbonyl (C=O) groups is 1. The second-order valence-electron chi connectivity index (χ2n) is 5.75. The third-order valence-corrected chi connectivity index (χ3v) is 3.68. The lowest BCUT2D eigenvalue weighted by Gasteiger charge is -2.22. The summed E-state index contributed by atoms with van der Waals surface area (Å²) in [6.45, 7) is 4.64. The van der Waals surface area contributed by atoms with Gasteiger partial charge in [-0.3, -0.25) is 4.79 Å². The van der Waals surface area contributed by atoms with Crippen LogP contribution in [0.2, 0.25) is 0 Å². The molecule has 0 aliphatic rings. The molecule has 0 aromatic heterocycles. The number of carbonyl (C=O) groups excluding carboxylic acids is 1. The molecule has 0 fully saturated rings. The van der Waals surface area contributed by atoms with Gasteiger partial charge in [0.05, 0.1) is 12.1 Å². The average Bonchev–Trinajstić information content (AvgIpc) is 2.51. The monoisotopic (exact) mass is 336 g/mol. The highest BCUT2D eigenvalue weighted by atomic mass is 35.5. The second kappa shape index (κ2) is 8.75. The molecule has 3 N–H and O–H groups in total. The summed E-state index contributed by atoms with van der Waals surface area (Å²) in [5.74, 6) is 0.701. The van der Waals surface area contributed by atoms with Gasteiger partial charge in [0.15, 0.2) is 0 Å². The zero-order valence-corrected chi connectivity index (χ0v) is 14.5. The molecule has 1 atom stereocenters. The normalized spacial score (nSPS) is 13.0. The Morgan fingerprint density at radius 3 is 2.65 bits per heavy atom. The first-order valence-corrected chi connectivity index (χ1v) is 7.72. The lowest BCUT2D eigenvalue weighted by Crippen LogP contribution is -2.52. The molecular formula is C18H25ClN2O2. The fourth-order valence-corrected chi connectivity index (χ4v) is 2.48. The molecule has 0 aliphatic heterocycles. The van der Waals surface area contributed by atoms with Crippen molar-refractivity contribution in [2.75, 3.05) is 13.2 Å². The minimum absolute atomic E-state index is 0. The van der Waals surface area contributed by atoms with Gasteiger partial charge in [0, 0.05) is 5.39 Å². The van der Waals surface area contributed by atoms with E-state index in [1.807, 2.05) is 37.3 Å². The van der Waals surface area contributed by atoms with Crippen LogP contribution in [0.15, 0.2) is 42.5 Å². The molecule has 0 radical (unpaired) electrons. The summed E-state index contributed by atoms with van der Waals surface area (Å²) in [5, 5.41) is 5.05. The number of nitrogens with two attached hydrogens (primary N) is 1. The molecule has 0 aliphatic carbocycles. The summed E-state index contributed by atoms with van der Waals surface area (Å²) in [6, 6.07) is 14.0. The van der Waals surface area contributed by atoms with Crippen LogP contribution < -0.4 is 15.8 Å². The van der Waals surface area contributed by atoms with Gasteiger partial charge in [0.1, 0.15) is 12.4 Å². The van der Waals surface area contributed by atoms with Crippen LogP contribution >= 0.6 is 12.4 Å². The fraction of sp³-hybridized carbons (Fsp3) is 0.389. The maximum Gasteiger partial charge on any atom is 0.239 e. The molecule has 2 aromatic carbocycles. The Hall–Kier alpha value is -1.78. The zero-order chi connectivity index (χ0) is 16.0. The second-order valence-corrected chi connectivity index (χ2v) is 5.75. The van der Waals surface area contributed by atoms with E-state index in [1.54, 1.807) is 6.92 Å². The van der Waals surface area contributed by atoms with Gasteiger partial charge in [-0.2, -0.15) is 0 Å². The van der Waals surface area contributed by atoms with Crippen molar-refractivity contribution in [1.29, 1.82) is 0 Å². The molecule has 0 saturated carbocycles. The van der Waals surface area contributed by atoms with Crippen molar-refractivity contribution < 1.29 is 9.53 Å². The van der Waals surface area contributed by atoms with Gasteiger partial charge in [-0.1, -0.05) is 49.7 Å². The van der Waals surface area contributed by atoms with Crippen molar-refractivity contribution in [3.63, 3.8) is 0 Å². The highest BCUT2D eigenvalue weighted by Crippen LogP contribution is 2.24. The van der Waals surface area contributed by atoms with Crippen molar-refractivity contribution >= 4 is 29.1 Å². The first kappa shape index (κ1) is 19.3. The van der Waals surface area contributed by atoms with Crippen LogP contribution in [-0.4, -0.2) is 24.6 Å². The summed E-state index contributed by atoms with van der Waals surface area (Å²) < 4.78 is 5.79. The van der Waals surface area contributed by atoms with Crippen molar-refractivity contribution in [1.82, 2.24) is 5.32 Å². The molecule has 23 heavy (non-hydrogen) atoms. The van der Waals surface area contributed by atoms with Gasteiger partial charge in [0.2, 0.25) is 5.91 Å². The van der Waals surface area contributed by atoms with Crippen LogP contribution in [0.4, 0.5) is 0 Å². The summed E-state index contributed by atoms with van der Waals surface area (Å²) in [7, 11) is 0. The highest BCUT2D eigenvalue weighted by molar-refractivity contribution is 5.88. The molecular weight excluding hydrogens is 312 g/mol. The number of rotatable bonds is 7. The molecule has 1 unspecified atom stereocenters. The van der Waals surface area contributed by atoms with Gasteiger partial charge >= 0.3 is 0 Å². The van der Waals surface area contributed by atoms with Crippen molar-refractivity contribution in [3.8, 4) is 5.75 Å². The maximum atomic E-state index is 12.0. The summed E-state index contributed by atoms with van der Waals surface area (Å²) in [6.07, 6.45) is 1.55. The summed E-state index contributed by atoms with van der Waals surface area (Å²) in [5.41, 5.74) is 5.17. The van der Waals surface area contributed by atoms with Gasteiger partial charge < -0.3 is 15.8 Å². The first-order chi connectivity index (χ1) is 10.5. The van der Waals surface area contributed by atoms with E-state index in [-0.39, 0.29) is 18.3 Å². The molecule has 126 valence electrons. The van der Waals surface area contributed by atoms with Gasteiger partial charge in [-0.15, -0.1) is 12.4 Å². The SMILES string of the molecule is CCCC(C)(N)C(=O)NCCOc1cccc2ccccc12.Cl. The topological polar surface area (TPSA) is 64.4 Å². The predicted molar refractivity (Wildman–Crippen MR) is 97.2 cm³/mol. The Labute approximate surface area is 143 Å². The quantitative estimate of drug-likeness (QED) is 0.763. The van der Waals surface area contributed by atoms with Crippen LogP contribution in [0, 0.1) is 0 Å². The van der Waals surface area contributed by atoms with Gasteiger partial charge in [0.25, 0.3) is 0 Å². The number of halogens is 1. The van der Waals surface area contributed by atoms with Crippen molar-refractivity contribution in [3.05, 3.63) is 42.5 Å². The lowest BCUT2D eigenvalue weighted by molar-refractivity contribution is -0.126. The molecule has 2 aromatic rings. The third-order valence-electron chi connectivity index (χ3n) is 3.68. The molecule has 4 nitrogen and oxygen atoms in total. The Bertz CT molecular complexity index is 638. The molecule has 0 saturated heterocycles. The van der Waals surface area contributed by atoms with E-state index >= 15 is 0 Å². The third kappa shape index (κ3) is 5.12. The zero-order valence-electron chi connectivity index (χ0n) is 13.7. The minimum atomic E-state index is -0.811. The number of amides is 1. The number of hydrogen-bond donors (Lipinski definition) is 2. The van der Waals surface area contributed by atoms with E-state index in [9.17, 15) is 4.79 Å². The Kier molecular flexibility index (Phi) is 7.33. The van der Waals surface area contributed by atoms with Crippen LogP contribution in [-0.2, 0) is 4.79 Å². The van der Waals surface area contributed by atoms with E-state index in [0.29, 0.717) is 19.6 Å². The average molecular weight is 337 g/mol. The van der Waals surface area contributed by atoms with Crippen molar-refractivity contribution in [2.45, 2.75) is 32.2 Å². The van der Waals surface area contributed by atoms with Crippen molar-refractivity contribution in [2.24, 2.45) is 5.73 Å². The van der Waals surface area contributed by atoms with Crippen LogP contribution in [0.1, 0.15) is 26.7 Å². The number of hydrogen-bond acceptors (Lipinski definition) is 3. The first-order valence-electron chi connectivity index (χ1n) is 7.72. The number of benzene rings is 2. The molecule has 1 amide bonds. The van der Waals surface area contributed by atoms with Gasteiger partial charge in [-0.05, 0) is 24.8 Å². The van der Waals surface area contributed by atoms with Crippen LogP contribution in [0.25, 0.3) is 10.8 Å². The molecule has 0 heterocycles. The fourth-order valence-electron chi connectivity index (χ4n) is 2.48. The van der Waals surface area contributed by atoms with E-state index in [0.717, 1.165) is 22.9 Å². The smallest absolute Gasteiger partial charge is 0.239 e. The Morgan fingerprint density at radius 2 is 1.91 bits per heavy atom. The van der Waals surface area contributed by atoms with E-state index < -0.39 is 5.54 Å². The summed E-state index contributed by atoms with van der Waals surface area (Å²) >= 11 is 0. The maximum absolute atomic E-state index is 12.0. The number of ether oxygens (including phenoxy) is 1. The number of fused-ring (bicyclic) bond motifs is 1. The summed E-state index contributed by atoms with van der Waals surface area (Å²) in [4.78, 5) is 12.0.